The number of aromatic nitrogens is 1. The third kappa shape index (κ3) is 5.05. The number of hydrogen-bond donors (Lipinski definition) is 0. The van der Waals surface area contributed by atoms with E-state index in [1.54, 1.807) is 36.5 Å². The van der Waals surface area contributed by atoms with Crippen molar-refractivity contribution in [3.05, 3.63) is 94.3 Å². The van der Waals surface area contributed by atoms with Crippen LogP contribution in [-0.4, -0.2) is 16.6 Å². The lowest BCUT2D eigenvalue weighted by Crippen LogP contribution is -2.07. The number of nitrogens with zero attached hydrogens (tertiary/aromatic N) is 1. The molecule has 2 aromatic carbocycles. The molecule has 1 atom stereocenters. The minimum atomic E-state index is -0.246. The standard InChI is InChI=1S/C23H20ClNO3/c1-15(26)18-5-7-19(8-6-18)16(2)28-22-12-20(13-25-14-22)23(27)11-17-3-9-21(24)10-4-17/h3-10,12-14,16H,11H2,1-2H3. The molecule has 1 heterocycles. The van der Waals surface area contributed by atoms with Gasteiger partial charge in [-0.15, -0.1) is 0 Å². The van der Waals surface area contributed by atoms with E-state index in [2.05, 4.69) is 4.98 Å². The van der Waals surface area contributed by atoms with Crippen LogP contribution < -0.4 is 4.74 Å². The molecule has 0 radical (unpaired) electrons. The fourth-order valence-corrected chi connectivity index (χ4v) is 2.91. The molecular weight excluding hydrogens is 374 g/mol. The number of benzene rings is 2. The van der Waals surface area contributed by atoms with E-state index in [4.69, 9.17) is 16.3 Å². The topological polar surface area (TPSA) is 56.3 Å². The van der Waals surface area contributed by atoms with Gasteiger partial charge >= 0.3 is 0 Å². The maximum atomic E-state index is 12.5. The molecule has 0 saturated heterocycles. The van der Waals surface area contributed by atoms with Crippen LogP contribution in [0.25, 0.3) is 0 Å². The lowest BCUT2D eigenvalue weighted by atomic mass is 10.0. The Balaban J connectivity index is 1.69. The lowest BCUT2D eigenvalue weighted by Gasteiger charge is -2.15. The molecule has 1 aromatic heterocycles. The SMILES string of the molecule is CC(=O)c1ccc(C(C)Oc2cncc(C(=O)Cc3ccc(Cl)cc3)c2)cc1. The van der Waals surface area contributed by atoms with E-state index in [1.807, 2.05) is 31.2 Å². The summed E-state index contributed by atoms with van der Waals surface area (Å²) in [6.07, 6.45) is 3.14. The molecule has 0 aliphatic carbocycles. The molecule has 0 aliphatic heterocycles. The maximum absolute atomic E-state index is 12.5. The number of hydrogen-bond acceptors (Lipinski definition) is 4. The maximum Gasteiger partial charge on any atom is 0.168 e. The smallest absolute Gasteiger partial charge is 0.168 e. The number of pyridine rings is 1. The third-order valence-corrected chi connectivity index (χ3v) is 4.66. The highest BCUT2D eigenvalue weighted by molar-refractivity contribution is 6.30. The van der Waals surface area contributed by atoms with Crippen LogP contribution >= 0.6 is 11.6 Å². The largest absolute Gasteiger partial charge is 0.484 e. The second-order valence-corrected chi connectivity index (χ2v) is 7.01. The first-order chi connectivity index (χ1) is 13.4. The van der Waals surface area contributed by atoms with Crippen LogP contribution in [-0.2, 0) is 6.42 Å². The van der Waals surface area contributed by atoms with Crippen molar-refractivity contribution in [2.75, 3.05) is 0 Å². The number of ether oxygens (including phenoxy) is 1. The molecule has 3 aromatic rings. The highest BCUT2D eigenvalue weighted by Gasteiger charge is 2.12. The van der Waals surface area contributed by atoms with E-state index in [-0.39, 0.29) is 24.1 Å². The molecule has 4 nitrogen and oxygen atoms in total. The molecule has 5 heteroatoms. The monoisotopic (exact) mass is 393 g/mol. The van der Waals surface area contributed by atoms with Crippen molar-refractivity contribution >= 4 is 23.2 Å². The summed E-state index contributed by atoms with van der Waals surface area (Å²) in [5.74, 6) is 0.500. The molecule has 142 valence electrons. The van der Waals surface area contributed by atoms with Gasteiger partial charge in [-0.2, -0.15) is 0 Å². The second kappa shape index (κ2) is 8.81. The van der Waals surface area contributed by atoms with Gasteiger partial charge in [0.15, 0.2) is 11.6 Å². The molecule has 0 bridgehead atoms. The Labute approximate surface area is 169 Å². The zero-order valence-electron chi connectivity index (χ0n) is 15.7. The van der Waals surface area contributed by atoms with Crippen LogP contribution in [0.1, 0.15) is 51.8 Å². The van der Waals surface area contributed by atoms with Crippen LogP contribution in [0.3, 0.4) is 0 Å². The molecule has 0 aliphatic rings. The molecule has 28 heavy (non-hydrogen) atoms. The van der Waals surface area contributed by atoms with E-state index in [0.29, 0.717) is 21.9 Å². The Morgan fingerprint density at radius 1 is 1.00 bits per heavy atom. The van der Waals surface area contributed by atoms with Crippen LogP contribution in [0.5, 0.6) is 5.75 Å². The average Bonchev–Trinajstić information content (AvgIpc) is 2.70. The van der Waals surface area contributed by atoms with Gasteiger partial charge in [-0.25, -0.2) is 0 Å². The van der Waals surface area contributed by atoms with Gasteiger partial charge in [-0.1, -0.05) is 48.0 Å². The summed E-state index contributed by atoms with van der Waals surface area (Å²) in [6.45, 7) is 3.44. The van der Waals surface area contributed by atoms with Gasteiger partial charge in [-0.05, 0) is 43.2 Å². The predicted molar refractivity (Wildman–Crippen MR) is 109 cm³/mol. The number of carbonyl (C=O) groups is 2. The van der Waals surface area contributed by atoms with E-state index >= 15 is 0 Å². The number of carbonyl (C=O) groups excluding carboxylic acids is 2. The molecule has 0 N–H and O–H groups in total. The Hall–Kier alpha value is -2.98. The zero-order chi connectivity index (χ0) is 20.1. The fraction of sp³-hybridized carbons (Fsp3) is 0.174. The van der Waals surface area contributed by atoms with Gasteiger partial charge in [0.1, 0.15) is 11.9 Å². The Kier molecular flexibility index (Phi) is 6.22. The summed E-state index contributed by atoms with van der Waals surface area (Å²) < 4.78 is 5.94. The van der Waals surface area contributed by atoms with Gasteiger partial charge in [0.05, 0.1) is 6.20 Å². The van der Waals surface area contributed by atoms with Crippen molar-refractivity contribution in [1.82, 2.24) is 4.98 Å². The van der Waals surface area contributed by atoms with E-state index < -0.39 is 0 Å². The summed E-state index contributed by atoms with van der Waals surface area (Å²) in [6, 6.07) is 16.2. The summed E-state index contributed by atoms with van der Waals surface area (Å²) in [4.78, 5) is 28.1. The van der Waals surface area contributed by atoms with Crippen molar-refractivity contribution in [2.24, 2.45) is 0 Å². The molecule has 1 unspecified atom stereocenters. The van der Waals surface area contributed by atoms with Gasteiger partial charge < -0.3 is 4.74 Å². The molecular formula is C23H20ClNO3. The van der Waals surface area contributed by atoms with Crippen molar-refractivity contribution in [1.29, 1.82) is 0 Å². The van der Waals surface area contributed by atoms with Crippen molar-refractivity contribution in [3.8, 4) is 5.75 Å². The number of rotatable bonds is 7. The minimum Gasteiger partial charge on any atom is -0.484 e. The molecule has 0 fully saturated rings. The second-order valence-electron chi connectivity index (χ2n) is 6.57. The summed E-state index contributed by atoms with van der Waals surface area (Å²) in [5, 5.41) is 0.638. The predicted octanol–water partition coefficient (Wildman–Crippen LogP) is 5.50. The van der Waals surface area contributed by atoms with Gasteiger partial charge in [0.25, 0.3) is 0 Å². The van der Waals surface area contributed by atoms with E-state index in [1.165, 1.54) is 13.1 Å². The van der Waals surface area contributed by atoms with Gasteiger partial charge in [0, 0.05) is 28.8 Å². The first kappa shape index (κ1) is 19.8. The van der Waals surface area contributed by atoms with Crippen LogP contribution in [0.4, 0.5) is 0 Å². The van der Waals surface area contributed by atoms with Crippen LogP contribution in [0.15, 0.2) is 67.0 Å². The molecule has 0 spiro atoms. The first-order valence-corrected chi connectivity index (χ1v) is 9.30. The highest BCUT2D eigenvalue weighted by atomic mass is 35.5. The fourth-order valence-electron chi connectivity index (χ4n) is 2.79. The Morgan fingerprint density at radius 2 is 1.68 bits per heavy atom. The Morgan fingerprint density at radius 3 is 2.32 bits per heavy atom. The molecule has 3 rings (SSSR count). The lowest BCUT2D eigenvalue weighted by molar-refractivity contribution is 0.0989. The van der Waals surface area contributed by atoms with E-state index in [0.717, 1.165) is 11.1 Å². The third-order valence-electron chi connectivity index (χ3n) is 4.41. The first-order valence-electron chi connectivity index (χ1n) is 8.92. The van der Waals surface area contributed by atoms with Gasteiger partial charge in [-0.3, -0.25) is 14.6 Å². The highest BCUT2D eigenvalue weighted by Crippen LogP contribution is 2.23. The van der Waals surface area contributed by atoms with Crippen molar-refractivity contribution in [2.45, 2.75) is 26.4 Å². The zero-order valence-corrected chi connectivity index (χ0v) is 16.4. The summed E-state index contributed by atoms with van der Waals surface area (Å²) >= 11 is 5.88. The molecule has 0 saturated carbocycles. The number of Topliss-reactive ketones (excluding diaryl/α,β-unsaturated/α-hetero) is 2. The normalized spacial score (nSPS) is 11.7. The van der Waals surface area contributed by atoms with Crippen LogP contribution in [0.2, 0.25) is 5.02 Å². The van der Waals surface area contributed by atoms with Crippen molar-refractivity contribution < 1.29 is 14.3 Å². The summed E-state index contributed by atoms with van der Waals surface area (Å²) in [5.41, 5.74) is 2.97. The van der Waals surface area contributed by atoms with E-state index in [9.17, 15) is 9.59 Å². The number of ketones is 2. The average molecular weight is 394 g/mol. The van der Waals surface area contributed by atoms with Crippen molar-refractivity contribution in [3.63, 3.8) is 0 Å². The van der Waals surface area contributed by atoms with Crippen LogP contribution in [0, 0.1) is 0 Å². The summed E-state index contributed by atoms with van der Waals surface area (Å²) in [7, 11) is 0. The Bertz CT molecular complexity index is 981. The van der Waals surface area contributed by atoms with Gasteiger partial charge in [0.2, 0.25) is 0 Å². The quantitative estimate of drug-likeness (QED) is 0.497. The molecule has 0 amide bonds. The number of halogens is 1. The minimum absolute atomic E-state index is 0.0243.